The molecule has 0 aromatic heterocycles. The van der Waals surface area contributed by atoms with Gasteiger partial charge in [-0.3, -0.25) is 14.4 Å². The first kappa shape index (κ1) is 31.7. The molecule has 4 aromatic carbocycles. The number of hydrogen-bond donors (Lipinski definition) is 4. The summed E-state index contributed by atoms with van der Waals surface area (Å²) in [5, 5.41) is 16.9. The second-order valence-electron chi connectivity index (χ2n) is 9.72. The van der Waals surface area contributed by atoms with Crippen LogP contribution in [-0.4, -0.2) is 34.0 Å². The summed E-state index contributed by atoms with van der Waals surface area (Å²) < 4.78 is 14.4. The molecule has 0 saturated carbocycles. The second-order valence-corrected chi connectivity index (χ2v) is 11.0. The molecule has 0 aliphatic carbocycles. The average molecular weight is 612 g/mol. The van der Waals surface area contributed by atoms with Gasteiger partial charge in [-0.15, -0.1) is 11.8 Å². The summed E-state index contributed by atoms with van der Waals surface area (Å²) in [6.07, 6.45) is 1.74. The van der Waals surface area contributed by atoms with Crippen molar-refractivity contribution in [2.45, 2.75) is 30.4 Å². The van der Waals surface area contributed by atoms with Gasteiger partial charge in [0.25, 0.3) is 11.8 Å². The first-order valence-corrected chi connectivity index (χ1v) is 14.6. The summed E-state index contributed by atoms with van der Waals surface area (Å²) in [6, 6.07) is 25.6. The van der Waals surface area contributed by atoms with Crippen LogP contribution in [0.25, 0.3) is 6.08 Å². The number of nitrogens with one attached hydrogen (secondary N) is 3. The number of thioether (sulfide) groups is 1. The topological polar surface area (TPSA) is 125 Å². The van der Waals surface area contributed by atoms with E-state index in [0.717, 1.165) is 5.56 Å². The highest BCUT2D eigenvalue weighted by Crippen LogP contribution is 2.29. The van der Waals surface area contributed by atoms with Crippen LogP contribution in [0, 0.1) is 12.7 Å². The molecule has 0 radical (unpaired) electrons. The van der Waals surface area contributed by atoms with Crippen LogP contribution in [-0.2, 0) is 9.59 Å². The van der Waals surface area contributed by atoms with Gasteiger partial charge in [0.2, 0.25) is 5.91 Å². The number of aromatic carboxylic acids is 1. The van der Waals surface area contributed by atoms with Crippen LogP contribution in [0.2, 0.25) is 0 Å². The van der Waals surface area contributed by atoms with Gasteiger partial charge < -0.3 is 21.1 Å². The van der Waals surface area contributed by atoms with Crippen molar-refractivity contribution >= 4 is 52.9 Å². The fourth-order valence-corrected chi connectivity index (χ4v) is 5.14. The maximum absolute atomic E-state index is 14.4. The Morgan fingerprint density at radius 1 is 0.864 bits per heavy atom. The number of halogens is 1. The number of carboxylic acid groups (broad SMARTS) is 1. The number of benzene rings is 4. The monoisotopic (exact) mass is 611 g/mol. The zero-order valence-electron chi connectivity index (χ0n) is 24.0. The molecule has 0 aliphatic heterocycles. The third kappa shape index (κ3) is 8.42. The van der Waals surface area contributed by atoms with Gasteiger partial charge in [-0.1, -0.05) is 55.5 Å². The molecule has 10 heteroatoms. The van der Waals surface area contributed by atoms with E-state index in [1.54, 1.807) is 73.7 Å². The average Bonchev–Trinajstić information content (AvgIpc) is 3.02. The van der Waals surface area contributed by atoms with Crippen molar-refractivity contribution in [3.63, 3.8) is 0 Å². The number of carboxylic acids is 1. The molecule has 0 heterocycles. The summed E-state index contributed by atoms with van der Waals surface area (Å²) >= 11 is 1.28. The van der Waals surface area contributed by atoms with E-state index in [4.69, 9.17) is 0 Å². The Morgan fingerprint density at radius 3 is 2.30 bits per heavy atom. The van der Waals surface area contributed by atoms with Gasteiger partial charge in [0.15, 0.2) is 0 Å². The van der Waals surface area contributed by atoms with Gasteiger partial charge >= 0.3 is 5.97 Å². The summed E-state index contributed by atoms with van der Waals surface area (Å²) in [4.78, 5) is 51.4. The summed E-state index contributed by atoms with van der Waals surface area (Å²) in [6.45, 7) is 3.64. The third-order valence-electron chi connectivity index (χ3n) is 6.51. The largest absolute Gasteiger partial charge is 0.478 e. The molecule has 44 heavy (non-hydrogen) atoms. The van der Waals surface area contributed by atoms with Crippen LogP contribution in [0.3, 0.4) is 0 Å². The van der Waals surface area contributed by atoms with Crippen LogP contribution < -0.4 is 16.0 Å². The summed E-state index contributed by atoms with van der Waals surface area (Å²) in [5.74, 6) is -3.14. The molecule has 0 spiro atoms. The normalized spacial score (nSPS) is 11.8. The summed E-state index contributed by atoms with van der Waals surface area (Å²) in [5.41, 5.74) is 1.90. The number of carbonyl (C=O) groups excluding carboxylic acids is 3. The van der Waals surface area contributed by atoms with Crippen molar-refractivity contribution < 1.29 is 28.7 Å². The van der Waals surface area contributed by atoms with Gasteiger partial charge in [0.05, 0.1) is 10.8 Å². The van der Waals surface area contributed by atoms with Gasteiger partial charge in [-0.25, -0.2) is 9.18 Å². The minimum atomic E-state index is -1.09. The highest BCUT2D eigenvalue weighted by molar-refractivity contribution is 8.00. The van der Waals surface area contributed by atoms with Crippen molar-refractivity contribution in [2.24, 2.45) is 0 Å². The van der Waals surface area contributed by atoms with Crippen molar-refractivity contribution in [1.29, 1.82) is 0 Å². The number of carbonyl (C=O) groups is 4. The fourth-order valence-electron chi connectivity index (χ4n) is 4.13. The van der Waals surface area contributed by atoms with E-state index >= 15 is 0 Å². The maximum atomic E-state index is 14.4. The lowest BCUT2D eigenvalue weighted by Gasteiger charge is -2.17. The standard InChI is InChI=1S/C34H30FN3O5S/c1-3-30(33(41)37-28-19-24(34(42)43)17-16-21(28)2)44-26-14-9-13-25(20-26)36-32(40)29(18-23-12-7-8-15-27(23)35)38-31(39)22-10-5-4-6-11-22/h4-20,30H,3H2,1-2H3,(H,36,40)(H,37,41)(H,38,39)(H,42,43)/b29-18-. The van der Waals surface area contributed by atoms with Gasteiger partial charge in [0, 0.05) is 27.4 Å². The van der Waals surface area contributed by atoms with Crippen LogP contribution >= 0.6 is 11.8 Å². The molecule has 1 unspecified atom stereocenters. The lowest BCUT2D eigenvalue weighted by Crippen LogP contribution is -2.30. The second kappa shape index (κ2) is 14.8. The van der Waals surface area contributed by atoms with E-state index in [1.807, 2.05) is 6.92 Å². The van der Waals surface area contributed by atoms with Crippen LogP contribution in [0.5, 0.6) is 0 Å². The zero-order valence-corrected chi connectivity index (χ0v) is 24.8. The van der Waals surface area contributed by atoms with E-state index < -0.39 is 28.9 Å². The van der Waals surface area contributed by atoms with Crippen molar-refractivity contribution in [1.82, 2.24) is 5.32 Å². The molecule has 4 N–H and O–H groups in total. The Hall–Kier alpha value is -5.22. The molecule has 0 bridgehead atoms. The van der Waals surface area contributed by atoms with Gasteiger partial charge in [-0.05, 0) is 73.5 Å². The Bertz CT molecular complexity index is 1730. The Labute approximate surface area is 258 Å². The number of hydrogen-bond acceptors (Lipinski definition) is 5. The molecule has 1 atom stereocenters. The molecule has 3 amide bonds. The maximum Gasteiger partial charge on any atom is 0.335 e. The first-order valence-electron chi connectivity index (χ1n) is 13.7. The van der Waals surface area contributed by atoms with Gasteiger partial charge in [0.1, 0.15) is 11.5 Å². The number of amides is 3. The molecule has 0 saturated heterocycles. The SMILES string of the molecule is CCC(Sc1cccc(NC(=O)/C(=C/c2ccccc2F)NC(=O)c2ccccc2)c1)C(=O)Nc1cc(C(=O)O)ccc1C. The minimum Gasteiger partial charge on any atom is -0.478 e. The first-order chi connectivity index (χ1) is 21.1. The molecule has 4 rings (SSSR count). The van der Waals surface area contributed by atoms with E-state index in [2.05, 4.69) is 16.0 Å². The molecule has 4 aromatic rings. The van der Waals surface area contributed by atoms with E-state index in [9.17, 15) is 28.7 Å². The quantitative estimate of drug-likeness (QED) is 0.110. The molecular weight excluding hydrogens is 581 g/mol. The highest BCUT2D eigenvalue weighted by atomic mass is 32.2. The Kier molecular flexibility index (Phi) is 10.7. The number of aryl methyl sites for hydroxylation is 1. The molecule has 0 fully saturated rings. The molecule has 8 nitrogen and oxygen atoms in total. The molecule has 224 valence electrons. The smallest absolute Gasteiger partial charge is 0.335 e. The summed E-state index contributed by atoms with van der Waals surface area (Å²) in [7, 11) is 0. The zero-order chi connectivity index (χ0) is 31.6. The van der Waals surface area contributed by atoms with Gasteiger partial charge in [-0.2, -0.15) is 0 Å². The fraction of sp³-hybridized carbons (Fsp3) is 0.118. The van der Waals surface area contributed by atoms with Crippen LogP contribution in [0.1, 0.15) is 45.2 Å². The van der Waals surface area contributed by atoms with Crippen LogP contribution in [0.4, 0.5) is 15.8 Å². The number of anilines is 2. The number of rotatable bonds is 11. The Balaban J connectivity index is 1.51. The predicted octanol–water partition coefficient (Wildman–Crippen LogP) is 6.75. The van der Waals surface area contributed by atoms with Crippen LogP contribution in [0.15, 0.2) is 108 Å². The van der Waals surface area contributed by atoms with E-state index in [1.165, 1.54) is 48.2 Å². The lowest BCUT2D eigenvalue weighted by atomic mass is 10.1. The van der Waals surface area contributed by atoms with E-state index in [-0.39, 0.29) is 22.7 Å². The van der Waals surface area contributed by atoms with Crippen molar-refractivity contribution in [3.05, 3.63) is 131 Å². The minimum absolute atomic E-state index is 0.0680. The van der Waals surface area contributed by atoms with Crippen molar-refractivity contribution in [2.75, 3.05) is 10.6 Å². The third-order valence-corrected chi connectivity index (χ3v) is 7.87. The van der Waals surface area contributed by atoms with Crippen molar-refractivity contribution in [3.8, 4) is 0 Å². The lowest BCUT2D eigenvalue weighted by molar-refractivity contribution is -0.116. The van der Waals surface area contributed by atoms with E-state index in [0.29, 0.717) is 28.3 Å². The predicted molar refractivity (Wildman–Crippen MR) is 170 cm³/mol. The highest BCUT2D eigenvalue weighted by Gasteiger charge is 2.21. The Morgan fingerprint density at radius 2 is 1.59 bits per heavy atom. The molecular formula is C34H30FN3O5S. The molecule has 0 aliphatic rings.